The van der Waals surface area contributed by atoms with Gasteiger partial charge in [0.2, 0.25) is 5.91 Å². The van der Waals surface area contributed by atoms with Crippen molar-refractivity contribution in [1.29, 1.82) is 0 Å². The zero-order valence-corrected chi connectivity index (χ0v) is 11.5. The Morgan fingerprint density at radius 2 is 2.22 bits per heavy atom. The van der Waals surface area contributed by atoms with E-state index in [2.05, 4.69) is 10.3 Å². The molecule has 100 valence electrons. The molecule has 0 atom stereocenters. The first-order chi connectivity index (χ1) is 8.77. The summed E-state index contributed by atoms with van der Waals surface area (Å²) >= 11 is 1.59. The van der Waals surface area contributed by atoms with Crippen LogP contribution in [-0.2, 0) is 11.2 Å². The Morgan fingerprint density at radius 1 is 1.44 bits per heavy atom. The Kier molecular flexibility index (Phi) is 4.72. The van der Waals surface area contributed by atoms with E-state index in [0.717, 1.165) is 37.8 Å². The molecule has 1 aliphatic carbocycles. The second-order valence-electron chi connectivity index (χ2n) is 5.03. The van der Waals surface area contributed by atoms with Crippen LogP contribution in [0, 0.1) is 5.41 Å². The molecule has 2 rings (SSSR count). The van der Waals surface area contributed by atoms with Crippen LogP contribution in [-0.4, -0.2) is 24.0 Å². The van der Waals surface area contributed by atoms with E-state index in [1.165, 1.54) is 6.42 Å². The lowest BCUT2D eigenvalue weighted by atomic mass is 9.73. The summed E-state index contributed by atoms with van der Waals surface area (Å²) in [5, 5.41) is 5.05. The molecule has 3 N–H and O–H groups in total. The van der Waals surface area contributed by atoms with Crippen LogP contribution in [0.15, 0.2) is 10.9 Å². The highest BCUT2D eigenvalue weighted by atomic mass is 32.1. The molecule has 1 aromatic rings. The Hall–Kier alpha value is -0.940. The highest BCUT2D eigenvalue weighted by Gasteiger charge is 2.37. The van der Waals surface area contributed by atoms with Gasteiger partial charge in [-0.3, -0.25) is 4.79 Å². The first kappa shape index (κ1) is 13.5. The summed E-state index contributed by atoms with van der Waals surface area (Å²) in [6.07, 6.45) is 6.15. The number of aromatic nitrogens is 1. The molecular formula is C13H21N3OS. The maximum Gasteiger partial charge on any atom is 0.227 e. The molecule has 0 unspecified atom stereocenters. The average molecular weight is 267 g/mol. The third kappa shape index (κ3) is 3.09. The van der Waals surface area contributed by atoms with Gasteiger partial charge in [-0.05, 0) is 12.8 Å². The van der Waals surface area contributed by atoms with Crippen LogP contribution >= 0.6 is 11.3 Å². The van der Waals surface area contributed by atoms with Crippen LogP contribution in [0.4, 0.5) is 0 Å². The Balaban J connectivity index is 1.82. The van der Waals surface area contributed by atoms with Crippen molar-refractivity contribution in [3.05, 3.63) is 16.6 Å². The lowest BCUT2D eigenvalue weighted by molar-refractivity contribution is -0.132. The van der Waals surface area contributed by atoms with E-state index in [1.807, 2.05) is 10.9 Å². The summed E-state index contributed by atoms with van der Waals surface area (Å²) in [5.41, 5.74) is 8.39. The molecular weight excluding hydrogens is 246 g/mol. The standard InChI is InChI=1S/C13H21N3OS/c14-9-13(5-2-1-3-6-13)12(17)15-7-4-11-8-18-10-16-11/h8,10H,1-7,9,14H2,(H,15,17). The van der Waals surface area contributed by atoms with Crippen LogP contribution < -0.4 is 11.1 Å². The first-order valence-corrected chi connectivity index (χ1v) is 7.56. The highest BCUT2D eigenvalue weighted by Crippen LogP contribution is 2.35. The third-order valence-electron chi connectivity index (χ3n) is 3.83. The van der Waals surface area contributed by atoms with E-state index < -0.39 is 0 Å². The minimum absolute atomic E-state index is 0.139. The van der Waals surface area contributed by atoms with E-state index in [4.69, 9.17) is 5.73 Å². The molecule has 0 radical (unpaired) electrons. The Bertz CT molecular complexity index is 372. The molecule has 0 bridgehead atoms. The third-order valence-corrected chi connectivity index (χ3v) is 4.47. The molecule has 1 aliphatic rings. The smallest absolute Gasteiger partial charge is 0.227 e. The van der Waals surface area contributed by atoms with Gasteiger partial charge in [-0.2, -0.15) is 0 Å². The lowest BCUT2D eigenvalue weighted by Crippen LogP contribution is -2.47. The van der Waals surface area contributed by atoms with Gasteiger partial charge >= 0.3 is 0 Å². The number of hydrogen-bond acceptors (Lipinski definition) is 4. The maximum absolute atomic E-state index is 12.3. The van der Waals surface area contributed by atoms with Gasteiger partial charge in [-0.15, -0.1) is 11.3 Å². The van der Waals surface area contributed by atoms with E-state index >= 15 is 0 Å². The molecule has 1 fully saturated rings. The number of carbonyl (C=O) groups is 1. The van der Waals surface area contributed by atoms with Gasteiger partial charge in [-0.25, -0.2) is 4.98 Å². The summed E-state index contributed by atoms with van der Waals surface area (Å²) < 4.78 is 0. The fraction of sp³-hybridized carbons (Fsp3) is 0.692. The predicted molar refractivity (Wildman–Crippen MR) is 73.4 cm³/mol. The number of nitrogens with one attached hydrogen (secondary N) is 1. The number of nitrogens with two attached hydrogens (primary N) is 1. The molecule has 5 heteroatoms. The molecule has 0 spiro atoms. The summed E-state index contributed by atoms with van der Waals surface area (Å²) in [4.78, 5) is 16.5. The van der Waals surface area contributed by atoms with Crippen molar-refractivity contribution in [3.63, 3.8) is 0 Å². The van der Waals surface area contributed by atoms with Crippen LogP contribution in [0.25, 0.3) is 0 Å². The lowest BCUT2D eigenvalue weighted by Gasteiger charge is -2.34. The minimum Gasteiger partial charge on any atom is -0.355 e. The van der Waals surface area contributed by atoms with Crippen LogP contribution in [0.3, 0.4) is 0 Å². The molecule has 1 aromatic heterocycles. The van der Waals surface area contributed by atoms with Crippen molar-refractivity contribution in [2.45, 2.75) is 38.5 Å². The Labute approximate surface area is 112 Å². The zero-order chi connectivity index (χ0) is 12.8. The number of amides is 1. The summed E-state index contributed by atoms with van der Waals surface area (Å²) in [5.74, 6) is 0.139. The Morgan fingerprint density at radius 3 is 2.83 bits per heavy atom. The molecule has 1 amide bonds. The van der Waals surface area contributed by atoms with Crippen molar-refractivity contribution in [1.82, 2.24) is 10.3 Å². The second kappa shape index (κ2) is 6.29. The number of rotatable bonds is 5. The molecule has 0 aromatic carbocycles. The number of nitrogens with zero attached hydrogens (tertiary/aromatic N) is 1. The topological polar surface area (TPSA) is 68.0 Å². The SMILES string of the molecule is NCC1(C(=O)NCCc2cscn2)CCCCC1. The van der Waals surface area contributed by atoms with Gasteiger partial charge < -0.3 is 11.1 Å². The number of hydrogen-bond donors (Lipinski definition) is 2. The first-order valence-electron chi connectivity index (χ1n) is 6.62. The minimum atomic E-state index is -0.305. The fourth-order valence-corrected chi connectivity index (χ4v) is 3.20. The molecule has 0 aliphatic heterocycles. The number of thiazole rings is 1. The molecule has 0 saturated heterocycles. The van der Waals surface area contributed by atoms with Gasteiger partial charge in [0.05, 0.1) is 16.6 Å². The zero-order valence-electron chi connectivity index (χ0n) is 10.7. The van der Waals surface area contributed by atoms with E-state index in [1.54, 1.807) is 11.3 Å². The monoisotopic (exact) mass is 267 g/mol. The molecule has 1 saturated carbocycles. The number of carbonyl (C=O) groups excluding carboxylic acids is 1. The molecule has 4 nitrogen and oxygen atoms in total. The summed E-state index contributed by atoms with van der Waals surface area (Å²) in [6, 6.07) is 0. The van der Waals surface area contributed by atoms with E-state index in [0.29, 0.717) is 13.1 Å². The second-order valence-corrected chi connectivity index (χ2v) is 5.75. The van der Waals surface area contributed by atoms with E-state index in [9.17, 15) is 4.79 Å². The van der Waals surface area contributed by atoms with Crippen LogP contribution in [0.2, 0.25) is 0 Å². The van der Waals surface area contributed by atoms with Gasteiger partial charge in [0, 0.05) is 24.9 Å². The predicted octanol–water partition coefficient (Wildman–Crippen LogP) is 1.71. The van der Waals surface area contributed by atoms with Crippen molar-refractivity contribution in [2.24, 2.45) is 11.1 Å². The van der Waals surface area contributed by atoms with Crippen molar-refractivity contribution < 1.29 is 4.79 Å². The van der Waals surface area contributed by atoms with Crippen molar-refractivity contribution >= 4 is 17.2 Å². The van der Waals surface area contributed by atoms with Crippen molar-refractivity contribution in [3.8, 4) is 0 Å². The highest BCUT2D eigenvalue weighted by molar-refractivity contribution is 7.07. The maximum atomic E-state index is 12.3. The van der Waals surface area contributed by atoms with E-state index in [-0.39, 0.29) is 11.3 Å². The van der Waals surface area contributed by atoms with Gasteiger partial charge in [-0.1, -0.05) is 19.3 Å². The van der Waals surface area contributed by atoms with Crippen LogP contribution in [0.5, 0.6) is 0 Å². The largest absolute Gasteiger partial charge is 0.355 e. The summed E-state index contributed by atoms with van der Waals surface area (Å²) in [6.45, 7) is 1.12. The van der Waals surface area contributed by atoms with Gasteiger partial charge in [0.15, 0.2) is 0 Å². The quantitative estimate of drug-likeness (QED) is 0.853. The average Bonchev–Trinajstić information content (AvgIpc) is 2.92. The molecule has 1 heterocycles. The van der Waals surface area contributed by atoms with Gasteiger partial charge in [0.1, 0.15) is 0 Å². The normalized spacial score (nSPS) is 18.5. The van der Waals surface area contributed by atoms with Crippen LogP contribution in [0.1, 0.15) is 37.8 Å². The fourth-order valence-electron chi connectivity index (χ4n) is 2.61. The van der Waals surface area contributed by atoms with Crippen molar-refractivity contribution in [2.75, 3.05) is 13.1 Å². The van der Waals surface area contributed by atoms with Gasteiger partial charge in [0.25, 0.3) is 0 Å². The summed E-state index contributed by atoms with van der Waals surface area (Å²) in [7, 11) is 0. The molecule has 18 heavy (non-hydrogen) atoms.